The van der Waals surface area contributed by atoms with Gasteiger partial charge in [0.05, 0.1) is 6.61 Å². The van der Waals surface area contributed by atoms with Gasteiger partial charge in [-0.25, -0.2) is 0 Å². The minimum absolute atomic E-state index is 0.147. The van der Waals surface area contributed by atoms with Crippen molar-refractivity contribution in [1.82, 2.24) is 0 Å². The molecular formula is C26H32O3. The lowest BCUT2D eigenvalue weighted by Crippen LogP contribution is -2.31. The molecule has 154 valence electrons. The van der Waals surface area contributed by atoms with Crippen molar-refractivity contribution in [2.24, 2.45) is 5.92 Å². The maximum Gasteiger partial charge on any atom is 0.199 e. The van der Waals surface area contributed by atoms with Gasteiger partial charge in [0, 0.05) is 6.42 Å². The van der Waals surface area contributed by atoms with Crippen molar-refractivity contribution in [3.8, 4) is 11.5 Å². The summed E-state index contributed by atoms with van der Waals surface area (Å²) in [6.07, 6.45) is 8.09. The van der Waals surface area contributed by atoms with Gasteiger partial charge in [-0.2, -0.15) is 0 Å². The van der Waals surface area contributed by atoms with Crippen molar-refractivity contribution in [2.75, 3.05) is 6.61 Å². The molecule has 2 aliphatic carbocycles. The molecule has 2 unspecified atom stereocenters. The zero-order valence-corrected chi connectivity index (χ0v) is 17.6. The Kier molecular flexibility index (Phi) is 5.03. The number of aromatic hydroxyl groups is 1. The van der Waals surface area contributed by atoms with Gasteiger partial charge in [0.25, 0.3) is 0 Å². The van der Waals surface area contributed by atoms with E-state index in [1.807, 2.05) is 12.1 Å². The fraction of sp³-hybridized carbons (Fsp3) is 0.538. The predicted octanol–water partition coefficient (Wildman–Crippen LogP) is 6.14. The first-order valence-electron chi connectivity index (χ1n) is 11.3. The lowest BCUT2D eigenvalue weighted by molar-refractivity contribution is -0.123. The number of ether oxygens (including phenoxy) is 2. The summed E-state index contributed by atoms with van der Waals surface area (Å²) in [5, 5.41) is 10.1. The van der Waals surface area contributed by atoms with Crippen LogP contribution in [0.15, 0.2) is 30.3 Å². The number of phenolic OH excluding ortho intramolecular Hbond substituents is 1. The van der Waals surface area contributed by atoms with E-state index in [2.05, 4.69) is 32.0 Å². The van der Waals surface area contributed by atoms with Crippen LogP contribution < -0.4 is 4.74 Å². The molecule has 29 heavy (non-hydrogen) atoms. The molecule has 0 amide bonds. The first kappa shape index (κ1) is 19.0. The molecule has 2 saturated carbocycles. The minimum atomic E-state index is -0.147. The third kappa shape index (κ3) is 4.30. The van der Waals surface area contributed by atoms with E-state index in [-0.39, 0.29) is 6.29 Å². The molecular weight excluding hydrogens is 360 g/mol. The average molecular weight is 393 g/mol. The first-order chi connectivity index (χ1) is 14.1. The number of hydrogen-bond donors (Lipinski definition) is 1. The standard InChI is InChI=1S/C26H32O3/c1-16-12-23(8-9-24(16)19-4-5-19)29-25-10-3-18(15-28-25)13-21-14-22(27)11-17(2)26(21)20-6-7-20/h8-9,11-12,14,18-20,25,27H,3-7,10,13,15H2,1-2H3. The second kappa shape index (κ2) is 7.68. The lowest BCUT2D eigenvalue weighted by atomic mass is 9.88. The van der Waals surface area contributed by atoms with Crippen molar-refractivity contribution in [3.63, 3.8) is 0 Å². The van der Waals surface area contributed by atoms with Gasteiger partial charge in [-0.1, -0.05) is 6.07 Å². The number of aryl methyl sites for hydroxylation is 2. The largest absolute Gasteiger partial charge is 0.508 e. The highest BCUT2D eigenvalue weighted by atomic mass is 16.7. The summed E-state index contributed by atoms with van der Waals surface area (Å²) >= 11 is 0. The third-order valence-electron chi connectivity index (χ3n) is 6.81. The summed E-state index contributed by atoms with van der Waals surface area (Å²) in [6, 6.07) is 10.4. The SMILES string of the molecule is Cc1cc(OC2CCC(Cc3cc(O)cc(C)c3C3CC3)CO2)ccc1C1CC1. The van der Waals surface area contributed by atoms with Crippen LogP contribution in [0.25, 0.3) is 0 Å². The van der Waals surface area contributed by atoms with Crippen LogP contribution in [0.2, 0.25) is 0 Å². The zero-order valence-electron chi connectivity index (χ0n) is 17.6. The maximum absolute atomic E-state index is 10.1. The van der Waals surface area contributed by atoms with Crippen LogP contribution in [-0.2, 0) is 11.2 Å². The molecule has 1 heterocycles. The fourth-order valence-corrected chi connectivity index (χ4v) is 5.05. The van der Waals surface area contributed by atoms with E-state index in [0.29, 0.717) is 17.6 Å². The van der Waals surface area contributed by atoms with Crippen LogP contribution in [0.3, 0.4) is 0 Å². The summed E-state index contributed by atoms with van der Waals surface area (Å²) in [6.45, 7) is 5.05. The summed E-state index contributed by atoms with van der Waals surface area (Å²) in [7, 11) is 0. The third-order valence-corrected chi connectivity index (χ3v) is 6.81. The Hall–Kier alpha value is -2.00. The molecule has 0 spiro atoms. The summed E-state index contributed by atoms with van der Waals surface area (Å²) in [5.41, 5.74) is 6.86. The molecule has 0 radical (unpaired) electrons. The molecule has 1 N–H and O–H groups in total. The highest BCUT2D eigenvalue weighted by molar-refractivity contribution is 5.45. The van der Waals surface area contributed by atoms with Crippen LogP contribution in [0.1, 0.15) is 78.2 Å². The van der Waals surface area contributed by atoms with E-state index in [1.165, 1.54) is 53.5 Å². The van der Waals surface area contributed by atoms with Crippen LogP contribution in [0.5, 0.6) is 11.5 Å². The second-order valence-corrected chi connectivity index (χ2v) is 9.43. The van der Waals surface area contributed by atoms with E-state index in [9.17, 15) is 5.11 Å². The van der Waals surface area contributed by atoms with Crippen LogP contribution in [-0.4, -0.2) is 18.0 Å². The molecule has 2 atom stereocenters. The van der Waals surface area contributed by atoms with Crippen LogP contribution in [0, 0.1) is 19.8 Å². The smallest absolute Gasteiger partial charge is 0.199 e. The van der Waals surface area contributed by atoms with E-state index in [1.54, 1.807) is 0 Å². The normalized spacial score (nSPS) is 24.5. The monoisotopic (exact) mass is 392 g/mol. The van der Waals surface area contributed by atoms with Gasteiger partial charge < -0.3 is 14.6 Å². The average Bonchev–Trinajstić information content (AvgIpc) is 3.57. The Morgan fingerprint density at radius 3 is 2.38 bits per heavy atom. The second-order valence-electron chi connectivity index (χ2n) is 9.43. The molecule has 3 fully saturated rings. The van der Waals surface area contributed by atoms with Gasteiger partial charge in [0.2, 0.25) is 0 Å². The fourth-order valence-electron chi connectivity index (χ4n) is 5.05. The Balaban J connectivity index is 1.19. The van der Waals surface area contributed by atoms with Crippen molar-refractivity contribution in [2.45, 2.75) is 76.9 Å². The summed E-state index contributed by atoms with van der Waals surface area (Å²) in [5.74, 6) is 3.29. The lowest BCUT2D eigenvalue weighted by Gasteiger charge is -2.30. The highest BCUT2D eigenvalue weighted by Gasteiger charge is 2.30. The minimum Gasteiger partial charge on any atom is -0.508 e. The summed E-state index contributed by atoms with van der Waals surface area (Å²) < 4.78 is 12.2. The van der Waals surface area contributed by atoms with Gasteiger partial charge in [-0.05, 0) is 122 Å². The van der Waals surface area contributed by atoms with Crippen molar-refractivity contribution in [1.29, 1.82) is 0 Å². The van der Waals surface area contributed by atoms with Gasteiger partial charge in [-0.15, -0.1) is 0 Å². The van der Waals surface area contributed by atoms with Crippen LogP contribution >= 0.6 is 0 Å². The molecule has 5 rings (SSSR count). The number of hydrogen-bond acceptors (Lipinski definition) is 3. The van der Waals surface area contributed by atoms with Crippen LogP contribution in [0.4, 0.5) is 0 Å². The van der Waals surface area contributed by atoms with Crippen molar-refractivity contribution < 1.29 is 14.6 Å². The number of rotatable bonds is 6. The van der Waals surface area contributed by atoms with Gasteiger partial charge in [-0.3, -0.25) is 0 Å². The Morgan fingerprint density at radius 1 is 0.931 bits per heavy atom. The molecule has 3 heteroatoms. The first-order valence-corrected chi connectivity index (χ1v) is 11.3. The quantitative estimate of drug-likeness (QED) is 0.642. The van der Waals surface area contributed by atoms with E-state index >= 15 is 0 Å². The van der Waals surface area contributed by atoms with Crippen molar-refractivity contribution >= 4 is 0 Å². The Bertz CT molecular complexity index is 887. The maximum atomic E-state index is 10.1. The predicted molar refractivity (Wildman–Crippen MR) is 115 cm³/mol. The molecule has 2 aromatic carbocycles. The topological polar surface area (TPSA) is 38.7 Å². The van der Waals surface area contributed by atoms with E-state index < -0.39 is 0 Å². The molecule has 1 aliphatic heterocycles. The highest BCUT2D eigenvalue weighted by Crippen LogP contribution is 2.45. The van der Waals surface area contributed by atoms with Gasteiger partial charge >= 0.3 is 0 Å². The van der Waals surface area contributed by atoms with Crippen molar-refractivity contribution in [3.05, 3.63) is 58.1 Å². The van der Waals surface area contributed by atoms with Gasteiger partial charge in [0.15, 0.2) is 6.29 Å². The zero-order chi connectivity index (χ0) is 20.0. The molecule has 1 saturated heterocycles. The van der Waals surface area contributed by atoms with E-state index in [4.69, 9.17) is 9.47 Å². The number of phenols is 1. The molecule has 3 nitrogen and oxygen atoms in total. The molecule has 0 bridgehead atoms. The molecule has 0 aromatic heterocycles. The Morgan fingerprint density at radius 2 is 1.72 bits per heavy atom. The number of benzene rings is 2. The molecule has 2 aromatic rings. The van der Waals surface area contributed by atoms with Gasteiger partial charge in [0.1, 0.15) is 11.5 Å². The summed E-state index contributed by atoms with van der Waals surface area (Å²) in [4.78, 5) is 0. The Labute approximate surface area is 174 Å². The van der Waals surface area contributed by atoms with E-state index in [0.717, 1.165) is 37.5 Å². The molecule has 3 aliphatic rings.